The zero-order chi connectivity index (χ0) is 14.9. The average molecular weight is 285 g/mol. The first-order chi connectivity index (χ1) is 9.29. The third-order valence-corrected chi connectivity index (χ3v) is 3.68. The summed E-state index contributed by atoms with van der Waals surface area (Å²) in [5.41, 5.74) is -0.417. The largest absolute Gasteiger partial charge is 0.416 e. The lowest BCUT2D eigenvalue weighted by molar-refractivity contribution is -0.138. The zero-order valence-electron chi connectivity index (χ0n) is 11.6. The molecule has 1 aliphatic rings. The molecule has 1 saturated carbocycles. The van der Waals surface area contributed by atoms with Crippen LogP contribution in [0.5, 0.6) is 0 Å². The topological polar surface area (TPSA) is 29.1 Å². The van der Waals surface area contributed by atoms with Gasteiger partial charge in [0.05, 0.1) is 5.56 Å². The Balaban J connectivity index is 2.28. The van der Waals surface area contributed by atoms with Gasteiger partial charge in [-0.25, -0.2) is 0 Å². The molecule has 20 heavy (non-hydrogen) atoms. The van der Waals surface area contributed by atoms with Crippen LogP contribution in [0.15, 0.2) is 18.2 Å². The van der Waals surface area contributed by atoms with Crippen LogP contribution in [0.3, 0.4) is 0 Å². The van der Waals surface area contributed by atoms with E-state index < -0.39 is 17.6 Å². The van der Waals surface area contributed by atoms with E-state index in [1.807, 2.05) is 0 Å². The molecule has 0 atom stereocenters. The van der Waals surface area contributed by atoms with Crippen LogP contribution < -0.4 is 5.32 Å². The molecule has 0 aromatic heterocycles. The molecule has 0 aliphatic heterocycles. The summed E-state index contributed by atoms with van der Waals surface area (Å²) in [4.78, 5) is 11.9. The van der Waals surface area contributed by atoms with E-state index >= 15 is 0 Å². The molecule has 2 nitrogen and oxygen atoms in total. The van der Waals surface area contributed by atoms with Gasteiger partial charge in [-0.3, -0.25) is 4.79 Å². The van der Waals surface area contributed by atoms with Gasteiger partial charge < -0.3 is 5.32 Å². The lowest BCUT2D eigenvalue weighted by Crippen LogP contribution is -2.39. The molecule has 0 bridgehead atoms. The highest BCUT2D eigenvalue weighted by atomic mass is 19.4. The van der Waals surface area contributed by atoms with Crippen molar-refractivity contribution in [3.05, 3.63) is 34.9 Å². The summed E-state index contributed by atoms with van der Waals surface area (Å²) in [6.45, 7) is 3.41. The van der Waals surface area contributed by atoms with E-state index in [2.05, 4.69) is 5.32 Å². The first-order valence-electron chi connectivity index (χ1n) is 6.81. The number of alkyl halides is 3. The molecule has 110 valence electrons. The van der Waals surface area contributed by atoms with E-state index in [0.717, 1.165) is 25.3 Å². The summed E-state index contributed by atoms with van der Waals surface area (Å²) >= 11 is 0. The summed E-state index contributed by atoms with van der Waals surface area (Å²) in [7, 11) is 0. The summed E-state index contributed by atoms with van der Waals surface area (Å²) in [5.74, 6) is -0.661. The van der Waals surface area contributed by atoms with Crippen LogP contribution in [0.25, 0.3) is 0 Å². The van der Waals surface area contributed by atoms with Gasteiger partial charge in [-0.15, -0.1) is 0 Å². The molecule has 0 heterocycles. The van der Waals surface area contributed by atoms with Crippen LogP contribution in [-0.4, -0.2) is 11.9 Å². The van der Waals surface area contributed by atoms with Gasteiger partial charge in [-0.2, -0.15) is 13.2 Å². The number of carbonyl (C=O) groups is 1. The van der Waals surface area contributed by atoms with Crippen LogP contribution in [0.1, 0.15) is 60.5 Å². The Labute approximate surface area is 116 Å². The van der Waals surface area contributed by atoms with Crippen LogP contribution >= 0.6 is 0 Å². The highest BCUT2D eigenvalue weighted by molar-refractivity contribution is 5.94. The molecular formula is C15H18F3NO. The minimum atomic E-state index is -4.44. The number of benzene rings is 1. The number of rotatable bonds is 3. The van der Waals surface area contributed by atoms with Gasteiger partial charge in [0.1, 0.15) is 0 Å². The van der Waals surface area contributed by atoms with Crippen molar-refractivity contribution in [2.24, 2.45) is 0 Å². The molecule has 1 fully saturated rings. The molecule has 1 amide bonds. The van der Waals surface area contributed by atoms with Crippen molar-refractivity contribution in [1.29, 1.82) is 0 Å². The Hall–Kier alpha value is -1.52. The zero-order valence-corrected chi connectivity index (χ0v) is 11.6. The fourth-order valence-corrected chi connectivity index (χ4v) is 2.27. The Morgan fingerprint density at radius 3 is 2.40 bits per heavy atom. The van der Waals surface area contributed by atoms with Crippen LogP contribution in [0.2, 0.25) is 0 Å². The molecule has 1 aliphatic carbocycles. The van der Waals surface area contributed by atoms with Gasteiger partial charge in [0.15, 0.2) is 0 Å². The summed E-state index contributed by atoms with van der Waals surface area (Å²) in [5, 5.41) is 2.75. The molecule has 2 rings (SSSR count). The molecule has 0 unspecified atom stereocenters. The number of carbonyl (C=O) groups excluding carboxylic acids is 1. The monoisotopic (exact) mass is 285 g/mol. The van der Waals surface area contributed by atoms with E-state index in [4.69, 9.17) is 0 Å². The second-order valence-electron chi connectivity index (χ2n) is 5.56. The molecule has 1 aromatic rings. The number of halogens is 3. The highest BCUT2D eigenvalue weighted by Crippen LogP contribution is 2.35. The summed E-state index contributed by atoms with van der Waals surface area (Å²) < 4.78 is 39.2. The van der Waals surface area contributed by atoms with Gasteiger partial charge in [-0.1, -0.05) is 19.9 Å². The van der Waals surface area contributed by atoms with Gasteiger partial charge in [0.2, 0.25) is 0 Å². The van der Waals surface area contributed by atoms with E-state index in [1.54, 1.807) is 13.8 Å². The number of amides is 1. The lowest BCUT2D eigenvalue weighted by Gasteiger charge is -2.26. The molecule has 1 aromatic carbocycles. The standard InChI is InChI=1S/C15H18F3NO/c1-9(2)12-7-6-10(8-13(12)15(16,17)18)14(20)19-11-4-3-5-11/h6-9,11H,3-5H2,1-2H3,(H,19,20). The molecule has 0 saturated heterocycles. The fraction of sp³-hybridized carbons (Fsp3) is 0.533. The van der Waals surface area contributed by atoms with Gasteiger partial charge in [0.25, 0.3) is 5.91 Å². The molecular weight excluding hydrogens is 267 g/mol. The maximum atomic E-state index is 13.1. The molecule has 5 heteroatoms. The third-order valence-electron chi connectivity index (χ3n) is 3.68. The molecule has 0 radical (unpaired) electrons. The summed E-state index contributed by atoms with van der Waals surface area (Å²) in [6.07, 6.45) is -1.57. The second kappa shape index (κ2) is 5.46. The quantitative estimate of drug-likeness (QED) is 0.889. The van der Waals surface area contributed by atoms with Crippen molar-refractivity contribution < 1.29 is 18.0 Å². The number of hydrogen-bond acceptors (Lipinski definition) is 1. The maximum Gasteiger partial charge on any atom is 0.416 e. The predicted molar refractivity (Wildman–Crippen MR) is 70.6 cm³/mol. The van der Waals surface area contributed by atoms with Crippen LogP contribution in [-0.2, 0) is 6.18 Å². The van der Waals surface area contributed by atoms with Gasteiger partial charge in [-0.05, 0) is 42.9 Å². The first-order valence-corrected chi connectivity index (χ1v) is 6.81. The van der Waals surface area contributed by atoms with Crippen molar-refractivity contribution in [2.75, 3.05) is 0 Å². The van der Waals surface area contributed by atoms with Crippen molar-refractivity contribution in [3.8, 4) is 0 Å². The summed E-state index contributed by atoms with van der Waals surface area (Å²) in [6, 6.07) is 3.95. The minimum absolute atomic E-state index is 0.0774. The van der Waals surface area contributed by atoms with Gasteiger partial charge >= 0.3 is 6.18 Å². The fourth-order valence-electron chi connectivity index (χ4n) is 2.27. The van der Waals surface area contributed by atoms with Crippen molar-refractivity contribution in [3.63, 3.8) is 0 Å². The predicted octanol–water partition coefficient (Wildman–Crippen LogP) is 4.11. The molecule has 1 N–H and O–H groups in total. The van der Waals surface area contributed by atoms with E-state index in [0.29, 0.717) is 0 Å². The van der Waals surface area contributed by atoms with Crippen molar-refractivity contribution in [2.45, 2.75) is 51.2 Å². The van der Waals surface area contributed by atoms with E-state index in [9.17, 15) is 18.0 Å². The Bertz CT molecular complexity index is 504. The van der Waals surface area contributed by atoms with Crippen LogP contribution in [0, 0.1) is 0 Å². The Morgan fingerprint density at radius 1 is 1.30 bits per heavy atom. The van der Waals surface area contributed by atoms with E-state index in [1.165, 1.54) is 12.1 Å². The molecule has 0 spiro atoms. The second-order valence-corrected chi connectivity index (χ2v) is 5.56. The Kier molecular flexibility index (Phi) is 4.06. The first kappa shape index (κ1) is 14.9. The maximum absolute atomic E-state index is 13.1. The normalized spacial score (nSPS) is 16.1. The SMILES string of the molecule is CC(C)c1ccc(C(=O)NC2CCC2)cc1C(F)(F)F. The Morgan fingerprint density at radius 2 is 1.95 bits per heavy atom. The van der Waals surface area contributed by atoms with Crippen molar-refractivity contribution in [1.82, 2.24) is 5.32 Å². The third kappa shape index (κ3) is 3.14. The smallest absolute Gasteiger partial charge is 0.349 e. The van der Waals surface area contributed by atoms with Crippen molar-refractivity contribution >= 4 is 5.91 Å². The highest BCUT2D eigenvalue weighted by Gasteiger charge is 2.34. The number of hydrogen-bond donors (Lipinski definition) is 1. The average Bonchev–Trinajstić information content (AvgIpc) is 2.31. The number of nitrogens with one attached hydrogen (secondary N) is 1. The van der Waals surface area contributed by atoms with E-state index in [-0.39, 0.29) is 23.1 Å². The lowest BCUT2D eigenvalue weighted by atomic mass is 9.92. The van der Waals surface area contributed by atoms with Crippen LogP contribution in [0.4, 0.5) is 13.2 Å². The van der Waals surface area contributed by atoms with Gasteiger partial charge in [0, 0.05) is 11.6 Å². The minimum Gasteiger partial charge on any atom is -0.349 e.